The number of aromatic amines is 1. The standard InChI is InChI=1S/C29H29ClN4OS/c1-19-27(33-18-32-19)17-31-22-15-25(24-5-3-4-6-28(24)36-2)23-12-14-34(29(35)26(23)16-22)13-11-20-7-9-21(30)10-8-20/h3-10,15-16,18,31H,11-14,17H2,1-2H3,(H,32,33). The molecular weight excluding hydrogens is 488 g/mol. The number of benzene rings is 3. The molecule has 0 saturated heterocycles. The van der Waals surface area contributed by atoms with Crippen molar-refractivity contribution in [3.63, 3.8) is 0 Å². The monoisotopic (exact) mass is 516 g/mol. The molecule has 5 nitrogen and oxygen atoms in total. The number of aryl methyl sites for hydroxylation is 1. The molecule has 36 heavy (non-hydrogen) atoms. The minimum absolute atomic E-state index is 0.0905. The Morgan fingerprint density at radius 3 is 2.61 bits per heavy atom. The molecule has 0 radical (unpaired) electrons. The number of nitrogens with zero attached hydrogens (tertiary/aromatic N) is 2. The zero-order chi connectivity index (χ0) is 25.1. The molecule has 2 heterocycles. The van der Waals surface area contributed by atoms with Gasteiger partial charge in [-0.05, 0) is 78.6 Å². The van der Waals surface area contributed by atoms with Crippen LogP contribution in [0.15, 0.2) is 71.9 Å². The summed E-state index contributed by atoms with van der Waals surface area (Å²) in [5.41, 5.74) is 8.32. The third-order valence-electron chi connectivity index (χ3n) is 6.77. The predicted molar refractivity (Wildman–Crippen MR) is 149 cm³/mol. The highest BCUT2D eigenvalue weighted by molar-refractivity contribution is 7.98. The average Bonchev–Trinajstić information content (AvgIpc) is 3.32. The number of hydrogen-bond donors (Lipinski definition) is 2. The molecule has 1 amide bonds. The van der Waals surface area contributed by atoms with Crippen LogP contribution in [-0.4, -0.2) is 40.1 Å². The highest BCUT2D eigenvalue weighted by atomic mass is 35.5. The Bertz CT molecular complexity index is 1380. The van der Waals surface area contributed by atoms with Crippen LogP contribution < -0.4 is 5.32 Å². The van der Waals surface area contributed by atoms with Gasteiger partial charge in [0, 0.05) is 40.0 Å². The van der Waals surface area contributed by atoms with Crippen molar-refractivity contribution >= 4 is 35.0 Å². The van der Waals surface area contributed by atoms with Gasteiger partial charge in [0.05, 0.1) is 18.6 Å². The Kier molecular flexibility index (Phi) is 7.35. The van der Waals surface area contributed by atoms with Crippen molar-refractivity contribution in [2.75, 3.05) is 24.7 Å². The Hall–Kier alpha value is -3.22. The zero-order valence-corrected chi connectivity index (χ0v) is 22.0. The Labute approximate surface area is 221 Å². The lowest BCUT2D eigenvalue weighted by Crippen LogP contribution is -2.39. The minimum atomic E-state index is 0.0905. The van der Waals surface area contributed by atoms with E-state index in [1.54, 1.807) is 18.1 Å². The summed E-state index contributed by atoms with van der Waals surface area (Å²) in [7, 11) is 0. The van der Waals surface area contributed by atoms with Crippen LogP contribution in [0.2, 0.25) is 5.02 Å². The number of hydrogen-bond acceptors (Lipinski definition) is 4. The first-order valence-corrected chi connectivity index (χ1v) is 13.7. The number of aromatic nitrogens is 2. The van der Waals surface area contributed by atoms with Gasteiger partial charge in [0.2, 0.25) is 0 Å². The van der Waals surface area contributed by atoms with Crippen LogP contribution >= 0.6 is 23.4 Å². The van der Waals surface area contributed by atoms with E-state index in [-0.39, 0.29) is 5.91 Å². The van der Waals surface area contributed by atoms with Gasteiger partial charge >= 0.3 is 0 Å². The molecule has 184 valence electrons. The normalized spacial score (nSPS) is 13.1. The Morgan fingerprint density at radius 2 is 1.86 bits per heavy atom. The van der Waals surface area contributed by atoms with E-state index in [0.29, 0.717) is 19.6 Å². The van der Waals surface area contributed by atoms with Crippen LogP contribution in [0.25, 0.3) is 11.1 Å². The van der Waals surface area contributed by atoms with Gasteiger partial charge in [-0.1, -0.05) is 41.9 Å². The maximum atomic E-state index is 13.7. The number of H-pyrrole nitrogens is 1. The van der Waals surface area contributed by atoms with E-state index in [1.807, 2.05) is 42.2 Å². The molecule has 2 N–H and O–H groups in total. The second kappa shape index (κ2) is 10.8. The first-order valence-electron chi connectivity index (χ1n) is 12.1. The molecule has 5 rings (SSSR count). The second-order valence-corrected chi connectivity index (χ2v) is 10.3. The molecule has 1 aliphatic heterocycles. The summed E-state index contributed by atoms with van der Waals surface area (Å²) in [5.74, 6) is 0.0905. The van der Waals surface area contributed by atoms with Crippen molar-refractivity contribution in [3.8, 4) is 11.1 Å². The molecule has 0 saturated carbocycles. The van der Waals surface area contributed by atoms with E-state index in [2.05, 4.69) is 51.9 Å². The maximum absolute atomic E-state index is 13.7. The molecular formula is C29H29ClN4OS. The first-order chi connectivity index (χ1) is 17.5. The van der Waals surface area contributed by atoms with Gasteiger partial charge in [0.25, 0.3) is 5.91 Å². The van der Waals surface area contributed by atoms with Crippen LogP contribution in [-0.2, 0) is 19.4 Å². The molecule has 4 aromatic rings. The Balaban J connectivity index is 1.47. The summed E-state index contributed by atoms with van der Waals surface area (Å²) >= 11 is 7.76. The average molecular weight is 517 g/mol. The Morgan fingerprint density at radius 1 is 1.08 bits per heavy atom. The van der Waals surface area contributed by atoms with Gasteiger partial charge in [0.15, 0.2) is 0 Å². The number of carbonyl (C=O) groups excluding carboxylic acids is 1. The third kappa shape index (κ3) is 5.15. The number of anilines is 1. The first kappa shape index (κ1) is 24.5. The number of imidazole rings is 1. The quantitative estimate of drug-likeness (QED) is 0.258. The molecule has 0 spiro atoms. The molecule has 0 fully saturated rings. The summed E-state index contributed by atoms with van der Waals surface area (Å²) in [4.78, 5) is 24.4. The lowest BCUT2D eigenvalue weighted by molar-refractivity contribution is 0.0742. The summed E-state index contributed by atoms with van der Waals surface area (Å²) in [6.07, 6.45) is 5.44. The number of amides is 1. The van der Waals surface area contributed by atoms with E-state index in [1.165, 1.54) is 16.0 Å². The maximum Gasteiger partial charge on any atom is 0.254 e. The van der Waals surface area contributed by atoms with Gasteiger partial charge in [-0.3, -0.25) is 4.79 Å². The van der Waals surface area contributed by atoms with Crippen molar-refractivity contribution in [3.05, 3.63) is 100 Å². The number of rotatable bonds is 8. The zero-order valence-electron chi connectivity index (χ0n) is 20.5. The van der Waals surface area contributed by atoms with E-state index in [4.69, 9.17) is 11.6 Å². The van der Waals surface area contributed by atoms with Crippen LogP contribution in [0.5, 0.6) is 0 Å². The summed E-state index contributed by atoms with van der Waals surface area (Å²) in [5, 5.41) is 4.24. The van der Waals surface area contributed by atoms with Gasteiger partial charge in [0.1, 0.15) is 0 Å². The molecule has 0 bridgehead atoms. The fourth-order valence-electron chi connectivity index (χ4n) is 4.74. The molecule has 1 aromatic heterocycles. The van der Waals surface area contributed by atoms with Crippen LogP contribution in [0.1, 0.15) is 32.9 Å². The van der Waals surface area contributed by atoms with E-state index in [0.717, 1.165) is 51.6 Å². The highest BCUT2D eigenvalue weighted by Gasteiger charge is 2.28. The van der Waals surface area contributed by atoms with Crippen molar-refractivity contribution in [1.29, 1.82) is 0 Å². The van der Waals surface area contributed by atoms with Gasteiger partial charge < -0.3 is 15.2 Å². The largest absolute Gasteiger partial charge is 0.379 e. The fourth-order valence-corrected chi connectivity index (χ4v) is 5.48. The number of carbonyl (C=O) groups is 1. The van der Waals surface area contributed by atoms with E-state index in [9.17, 15) is 4.79 Å². The smallest absolute Gasteiger partial charge is 0.254 e. The van der Waals surface area contributed by atoms with Gasteiger partial charge in [-0.15, -0.1) is 11.8 Å². The molecule has 7 heteroatoms. The topological polar surface area (TPSA) is 61.0 Å². The molecule has 0 aliphatic carbocycles. The number of halogens is 1. The number of nitrogens with one attached hydrogen (secondary N) is 2. The van der Waals surface area contributed by atoms with Crippen molar-refractivity contribution in [2.45, 2.75) is 31.2 Å². The van der Waals surface area contributed by atoms with Crippen LogP contribution in [0.4, 0.5) is 5.69 Å². The van der Waals surface area contributed by atoms with Crippen LogP contribution in [0, 0.1) is 6.92 Å². The van der Waals surface area contributed by atoms with E-state index < -0.39 is 0 Å². The van der Waals surface area contributed by atoms with E-state index >= 15 is 0 Å². The number of fused-ring (bicyclic) bond motifs is 1. The van der Waals surface area contributed by atoms with Gasteiger partial charge in [-0.2, -0.15) is 0 Å². The van der Waals surface area contributed by atoms with Crippen molar-refractivity contribution in [2.24, 2.45) is 0 Å². The lowest BCUT2D eigenvalue weighted by Gasteiger charge is -2.31. The minimum Gasteiger partial charge on any atom is -0.379 e. The SMILES string of the molecule is CSc1ccccc1-c1cc(NCc2nc[nH]c2C)cc2c1CCN(CCc1ccc(Cl)cc1)C2=O. The molecule has 3 aromatic carbocycles. The lowest BCUT2D eigenvalue weighted by atomic mass is 9.89. The summed E-state index contributed by atoms with van der Waals surface area (Å²) in [6.45, 7) is 4.00. The predicted octanol–water partition coefficient (Wildman–Crippen LogP) is 6.61. The fraction of sp³-hybridized carbons (Fsp3) is 0.241. The third-order valence-corrected chi connectivity index (χ3v) is 7.82. The number of thioether (sulfide) groups is 1. The molecule has 0 unspecified atom stereocenters. The highest BCUT2D eigenvalue weighted by Crippen LogP contribution is 2.38. The van der Waals surface area contributed by atoms with Gasteiger partial charge in [-0.25, -0.2) is 4.98 Å². The van der Waals surface area contributed by atoms with Crippen molar-refractivity contribution in [1.82, 2.24) is 14.9 Å². The van der Waals surface area contributed by atoms with Crippen LogP contribution in [0.3, 0.4) is 0 Å². The molecule has 0 atom stereocenters. The molecule has 1 aliphatic rings. The van der Waals surface area contributed by atoms with Crippen molar-refractivity contribution < 1.29 is 4.79 Å². The summed E-state index contributed by atoms with van der Waals surface area (Å²) < 4.78 is 0. The second-order valence-electron chi connectivity index (χ2n) is 9.00. The summed E-state index contributed by atoms with van der Waals surface area (Å²) in [6, 6.07) is 20.5.